The fourth-order valence-electron chi connectivity index (χ4n) is 1.56. The van der Waals surface area contributed by atoms with E-state index in [1.165, 1.54) is 17.1 Å². The first kappa shape index (κ1) is 21.3. The molecule has 0 radical (unpaired) electrons. The van der Waals surface area contributed by atoms with E-state index in [9.17, 15) is 9.59 Å². The number of hydrogen-bond acceptors (Lipinski definition) is 7. The monoisotopic (exact) mass is 369 g/mol. The molecule has 0 bridgehead atoms. The number of ether oxygens (including phenoxy) is 2. The molecule has 1 atom stereocenters. The van der Waals surface area contributed by atoms with Gasteiger partial charge < -0.3 is 9.47 Å². The highest BCUT2D eigenvalue weighted by molar-refractivity contribution is 7.95. The molecular weight excluding hydrogens is 342 g/mol. The SMILES string of the molecule is CC(OC(=O)C(C)(C)C)c1ccc(OC(=O)N(C)NSN(C)C)cc1. The quantitative estimate of drug-likeness (QED) is 0.468. The van der Waals surface area contributed by atoms with Crippen molar-refractivity contribution in [1.29, 1.82) is 0 Å². The molecule has 1 aromatic carbocycles. The molecule has 1 unspecified atom stereocenters. The molecule has 1 amide bonds. The second-order valence-corrected chi connectivity index (χ2v) is 7.88. The van der Waals surface area contributed by atoms with Crippen LogP contribution in [0.3, 0.4) is 0 Å². The highest BCUT2D eigenvalue weighted by Gasteiger charge is 2.25. The maximum atomic E-state index is 11.9. The van der Waals surface area contributed by atoms with Gasteiger partial charge in [0.05, 0.1) is 5.41 Å². The van der Waals surface area contributed by atoms with Crippen molar-refractivity contribution < 1.29 is 19.1 Å². The van der Waals surface area contributed by atoms with E-state index in [-0.39, 0.29) is 12.1 Å². The molecule has 0 saturated heterocycles. The van der Waals surface area contributed by atoms with Crippen molar-refractivity contribution in [2.75, 3.05) is 21.1 Å². The van der Waals surface area contributed by atoms with Crippen LogP contribution in [0.15, 0.2) is 24.3 Å². The van der Waals surface area contributed by atoms with Crippen LogP contribution in [0.2, 0.25) is 0 Å². The van der Waals surface area contributed by atoms with E-state index in [4.69, 9.17) is 9.47 Å². The first-order chi connectivity index (χ1) is 11.5. The van der Waals surface area contributed by atoms with E-state index >= 15 is 0 Å². The molecule has 0 aliphatic carbocycles. The summed E-state index contributed by atoms with van der Waals surface area (Å²) in [6.45, 7) is 7.23. The Morgan fingerprint density at radius 3 is 2.16 bits per heavy atom. The third-order valence-electron chi connectivity index (χ3n) is 3.09. The maximum absolute atomic E-state index is 11.9. The second kappa shape index (κ2) is 9.07. The number of esters is 1. The minimum absolute atomic E-state index is 0.262. The number of benzene rings is 1. The van der Waals surface area contributed by atoms with Crippen LogP contribution >= 0.6 is 12.1 Å². The zero-order valence-electron chi connectivity index (χ0n) is 15.8. The molecule has 0 spiro atoms. The Hall–Kier alpha value is -1.77. The first-order valence-corrected chi connectivity index (χ1v) is 8.64. The van der Waals surface area contributed by atoms with Crippen LogP contribution in [-0.2, 0) is 9.53 Å². The number of carbonyl (C=O) groups is 2. The van der Waals surface area contributed by atoms with Crippen LogP contribution in [0, 0.1) is 5.41 Å². The van der Waals surface area contributed by atoms with Gasteiger partial charge in [0.2, 0.25) is 0 Å². The molecule has 7 nitrogen and oxygen atoms in total. The average molecular weight is 369 g/mol. The maximum Gasteiger partial charge on any atom is 0.430 e. The van der Waals surface area contributed by atoms with E-state index in [2.05, 4.69) is 4.83 Å². The highest BCUT2D eigenvalue weighted by Crippen LogP contribution is 2.24. The van der Waals surface area contributed by atoms with E-state index in [0.717, 1.165) is 5.56 Å². The van der Waals surface area contributed by atoms with Crippen LogP contribution in [0.25, 0.3) is 0 Å². The molecule has 0 aromatic heterocycles. The van der Waals surface area contributed by atoms with Crippen molar-refractivity contribution in [2.24, 2.45) is 5.41 Å². The molecule has 0 heterocycles. The highest BCUT2D eigenvalue weighted by atomic mass is 32.2. The molecule has 25 heavy (non-hydrogen) atoms. The summed E-state index contributed by atoms with van der Waals surface area (Å²) < 4.78 is 12.5. The summed E-state index contributed by atoms with van der Waals surface area (Å²) in [6.07, 6.45) is -0.911. The smallest absolute Gasteiger partial charge is 0.430 e. The predicted octanol–water partition coefficient (Wildman–Crippen LogP) is 3.40. The lowest BCUT2D eigenvalue weighted by molar-refractivity contribution is -0.158. The molecular formula is C17H27N3O4S. The van der Waals surface area contributed by atoms with Gasteiger partial charge in [-0.25, -0.2) is 14.1 Å². The molecule has 1 aromatic rings. The Balaban J connectivity index is 2.61. The normalized spacial score (nSPS) is 12.6. The van der Waals surface area contributed by atoms with Crippen LogP contribution in [0.1, 0.15) is 39.4 Å². The van der Waals surface area contributed by atoms with Crippen LogP contribution in [-0.4, -0.2) is 42.5 Å². The lowest BCUT2D eigenvalue weighted by Gasteiger charge is -2.21. The lowest BCUT2D eigenvalue weighted by Crippen LogP contribution is -2.38. The molecule has 1 N–H and O–H groups in total. The number of nitrogens with one attached hydrogen (secondary N) is 1. The van der Waals surface area contributed by atoms with Crippen LogP contribution < -0.4 is 9.57 Å². The molecule has 140 valence electrons. The number of hydrogen-bond donors (Lipinski definition) is 1. The van der Waals surface area contributed by atoms with Crippen LogP contribution in [0.4, 0.5) is 4.79 Å². The summed E-state index contributed by atoms with van der Waals surface area (Å²) in [5.41, 5.74) is 0.276. The van der Waals surface area contributed by atoms with E-state index < -0.39 is 11.5 Å². The molecule has 1 rings (SSSR count). The van der Waals surface area contributed by atoms with Crippen molar-refractivity contribution in [3.05, 3.63) is 29.8 Å². The van der Waals surface area contributed by atoms with Crippen molar-refractivity contribution in [2.45, 2.75) is 33.8 Å². The summed E-state index contributed by atoms with van der Waals surface area (Å²) in [5, 5.41) is 1.24. The van der Waals surface area contributed by atoms with Gasteiger partial charge in [-0.1, -0.05) is 12.1 Å². The summed E-state index contributed by atoms with van der Waals surface area (Å²) in [5.74, 6) is 0.146. The topological polar surface area (TPSA) is 71.1 Å². The third kappa shape index (κ3) is 7.33. The first-order valence-electron chi connectivity index (χ1n) is 7.87. The summed E-state index contributed by atoms with van der Waals surface area (Å²) in [6, 6.07) is 6.87. The van der Waals surface area contributed by atoms with Crippen LogP contribution in [0.5, 0.6) is 5.75 Å². The van der Waals surface area contributed by atoms with Gasteiger partial charge in [-0.2, -0.15) is 4.83 Å². The number of rotatable bonds is 6. The lowest BCUT2D eigenvalue weighted by atomic mass is 9.97. The third-order valence-corrected chi connectivity index (χ3v) is 3.81. The number of amides is 1. The summed E-state index contributed by atoms with van der Waals surface area (Å²) in [4.78, 5) is 26.7. The van der Waals surface area contributed by atoms with Gasteiger partial charge in [-0.3, -0.25) is 4.79 Å². The average Bonchev–Trinajstić information content (AvgIpc) is 2.52. The molecule has 0 aliphatic rings. The van der Waals surface area contributed by atoms with Gasteiger partial charge in [0.25, 0.3) is 0 Å². The van der Waals surface area contributed by atoms with Crippen molar-refractivity contribution in [3.8, 4) is 5.75 Å². The Morgan fingerprint density at radius 1 is 1.12 bits per heavy atom. The minimum atomic E-state index is -0.550. The van der Waals surface area contributed by atoms with Crippen molar-refractivity contribution in [3.63, 3.8) is 0 Å². The Labute approximate surface area is 153 Å². The van der Waals surface area contributed by atoms with Gasteiger partial charge in [-0.05, 0) is 59.5 Å². The Kier molecular flexibility index (Phi) is 7.72. The van der Waals surface area contributed by atoms with Gasteiger partial charge in [0.1, 0.15) is 11.9 Å². The Morgan fingerprint density at radius 2 is 1.68 bits per heavy atom. The van der Waals surface area contributed by atoms with E-state index in [0.29, 0.717) is 5.75 Å². The van der Waals surface area contributed by atoms with Crippen molar-refractivity contribution >= 4 is 24.2 Å². The zero-order chi connectivity index (χ0) is 19.2. The van der Waals surface area contributed by atoms with Gasteiger partial charge >= 0.3 is 12.1 Å². The second-order valence-electron chi connectivity index (χ2n) is 6.79. The summed E-state index contributed by atoms with van der Waals surface area (Å²) in [7, 11) is 5.27. The predicted molar refractivity (Wildman–Crippen MR) is 98.6 cm³/mol. The van der Waals surface area contributed by atoms with Crippen molar-refractivity contribution in [1.82, 2.24) is 14.1 Å². The molecule has 0 aliphatic heterocycles. The largest absolute Gasteiger partial charge is 0.457 e. The fourth-order valence-corrected chi connectivity index (χ4v) is 1.92. The molecule has 0 fully saturated rings. The number of hydrazine groups is 1. The van der Waals surface area contributed by atoms with E-state index in [1.54, 1.807) is 42.5 Å². The Bertz CT molecular complexity index is 585. The fraction of sp³-hybridized carbons (Fsp3) is 0.529. The number of carbonyl (C=O) groups excluding carboxylic acids is 2. The van der Waals surface area contributed by atoms with Gasteiger partial charge in [-0.15, -0.1) is 0 Å². The zero-order valence-corrected chi connectivity index (χ0v) is 16.6. The van der Waals surface area contributed by atoms with Gasteiger partial charge in [0.15, 0.2) is 0 Å². The molecule has 8 heteroatoms. The van der Waals surface area contributed by atoms with E-state index in [1.807, 2.05) is 34.9 Å². The summed E-state index contributed by atoms with van der Waals surface area (Å²) >= 11 is 1.25. The standard InChI is InChI=1S/C17H27N3O4S/c1-12(23-15(21)17(2,3)4)13-8-10-14(11-9-13)24-16(22)20(7)18-25-19(5)6/h8-12,18H,1-7H3. The molecule has 0 saturated carbocycles. The number of nitrogens with zero attached hydrogens (tertiary/aromatic N) is 2. The minimum Gasteiger partial charge on any atom is -0.457 e. The van der Waals surface area contributed by atoms with Gasteiger partial charge in [0, 0.05) is 19.2 Å².